The standard InChI is InChI=1S/C16H25N3O2/c1-21-15-10-12(6-7-14(15)16(17)18)11-19(8-3-9-20)13-4-2-5-13/h6-7,10,13,20H,2-5,8-9,11H2,1H3,(H3,17,18). The van der Waals surface area contributed by atoms with Crippen LogP contribution in [0.2, 0.25) is 0 Å². The average molecular weight is 291 g/mol. The van der Waals surface area contributed by atoms with Crippen molar-refractivity contribution in [2.45, 2.75) is 38.3 Å². The van der Waals surface area contributed by atoms with Gasteiger partial charge < -0.3 is 15.6 Å². The van der Waals surface area contributed by atoms with Crippen LogP contribution in [0.15, 0.2) is 18.2 Å². The zero-order valence-corrected chi connectivity index (χ0v) is 12.6. The normalized spacial score (nSPS) is 15.0. The highest BCUT2D eigenvalue weighted by Gasteiger charge is 2.24. The fourth-order valence-electron chi connectivity index (χ4n) is 2.71. The molecule has 0 radical (unpaired) electrons. The van der Waals surface area contributed by atoms with Crippen LogP contribution in [-0.4, -0.2) is 42.1 Å². The van der Waals surface area contributed by atoms with E-state index in [1.807, 2.05) is 18.2 Å². The lowest BCUT2D eigenvalue weighted by Gasteiger charge is -2.37. The Labute approximate surface area is 126 Å². The fraction of sp³-hybridized carbons (Fsp3) is 0.562. The number of methoxy groups -OCH3 is 1. The van der Waals surface area contributed by atoms with Crippen molar-refractivity contribution < 1.29 is 9.84 Å². The van der Waals surface area contributed by atoms with Crippen LogP contribution in [-0.2, 0) is 6.54 Å². The molecule has 1 aliphatic carbocycles. The molecule has 1 fully saturated rings. The van der Waals surface area contributed by atoms with Crippen molar-refractivity contribution >= 4 is 5.84 Å². The SMILES string of the molecule is COc1cc(CN(CCCO)C2CCC2)ccc1C(=N)N. The van der Waals surface area contributed by atoms with E-state index in [0.717, 1.165) is 25.1 Å². The largest absolute Gasteiger partial charge is 0.496 e. The number of aliphatic hydroxyl groups excluding tert-OH is 1. The smallest absolute Gasteiger partial charge is 0.130 e. The number of nitrogen functional groups attached to an aromatic ring is 1. The van der Waals surface area contributed by atoms with Crippen molar-refractivity contribution in [3.63, 3.8) is 0 Å². The zero-order chi connectivity index (χ0) is 15.2. The molecule has 0 amide bonds. The average Bonchev–Trinajstić information content (AvgIpc) is 2.42. The van der Waals surface area contributed by atoms with E-state index in [1.54, 1.807) is 7.11 Å². The molecule has 2 rings (SSSR count). The van der Waals surface area contributed by atoms with E-state index in [-0.39, 0.29) is 12.4 Å². The minimum atomic E-state index is 0.0227. The summed E-state index contributed by atoms with van der Waals surface area (Å²) < 4.78 is 5.33. The van der Waals surface area contributed by atoms with Crippen molar-refractivity contribution in [3.8, 4) is 5.75 Å². The maximum absolute atomic E-state index is 9.05. The maximum atomic E-state index is 9.05. The van der Waals surface area contributed by atoms with Gasteiger partial charge in [-0.3, -0.25) is 10.3 Å². The Balaban J connectivity index is 2.10. The lowest BCUT2D eigenvalue weighted by atomic mass is 9.91. The monoisotopic (exact) mass is 291 g/mol. The molecule has 1 aliphatic rings. The first kappa shape index (κ1) is 15.8. The molecule has 21 heavy (non-hydrogen) atoms. The minimum absolute atomic E-state index is 0.0227. The number of ether oxygens (including phenoxy) is 1. The molecule has 0 aliphatic heterocycles. The fourth-order valence-corrected chi connectivity index (χ4v) is 2.71. The van der Waals surface area contributed by atoms with Gasteiger partial charge in [0.15, 0.2) is 0 Å². The molecular weight excluding hydrogens is 266 g/mol. The molecule has 0 atom stereocenters. The lowest BCUT2D eigenvalue weighted by Crippen LogP contribution is -2.40. The molecule has 5 nitrogen and oxygen atoms in total. The van der Waals surface area contributed by atoms with Gasteiger partial charge in [0.25, 0.3) is 0 Å². The highest BCUT2D eigenvalue weighted by atomic mass is 16.5. The van der Waals surface area contributed by atoms with Crippen LogP contribution in [0.5, 0.6) is 5.75 Å². The van der Waals surface area contributed by atoms with Gasteiger partial charge in [0, 0.05) is 25.7 Å². The Morgan fingerprint density at radius 1 is 1.48 bits per heavy atom. The molecule has 1 aromatic rings. The molecule has 0 bridgehead atoms. The van der Waals surface area contributed by atoms with Crippen LogP contribution in [0.1, 0.15) is 36.8 Å². The van der Waals surface area contributed by atoms with E-state index in [2.05, 4.69) is 4.90 Å². The first-order valence-electron chi connectivity index (χ1n) is 7.52. The van der Waals surface area contributed by atoms with Crippen LogP contribution in [0.3, 0.4) is 0 Å². The van der Waals surface area contributed by atoms with Gasteiger partial charge in [-0.2, -0.15) is 0 Å². The van der Waals surface area contributed by atoms with Gasteiger partial charge in [-0.05, 0) is 37.0 Å². The van der Waals surface area contributed by atoms with Gasteiger partial charge >= 0.3 is 0 Å². The first-order valence-corrected chi connectivity index (χ1v) is 7.52. The third kappa shape index (κ3) is 3.95. The minimum Gasteiger partial charge on any atom is -0.496 e. The van der Waals surface area contributed by atoms with E-state index in [1.165, 1.54) is 19.3 Å². The number of nitrogens with zero attached hydrogens (tertiary/aromatic N) is 1. The summed E-state index contributed by atoms with van der Waals surface area (Å²) in [5.74, 6) is 0.672. The van der Waals surface area contributed by atoms with E-state index < -0.39 is 0 Å². The third-order valence-corrected chi connectivity index (χ3v) is 4.14. The van der Waals surface area contributed by atoms with Gasteiger partial charge in [0.1, 0.15) is 11.6 Å². The highest BCUT2D eigenvalue weighted by Crippen LogP contribution is 2.27. The second-order valence-corrected chi connectivity index (χ2v) is 5.58. The molecule has 1 aromatic carbocycles. The Kier molecular flexibility index (Phi) is 5.59. The molecule has 0 unspecified atom stereocenters. The van der Waals surface area contributed by atoms with Gasteiger partial charge in [-0.15, -0.1) is 0 Å². The number of amidine groups is 1. The van der Waals surface area contributed by atoms with Crippen LogP contribution in [0, 0.1) is 5.41 Å². The van der Waals surface area contributed by atoms with E-state index >= 15 is 0 Å². The molecule has 4 N–H and O–H groups in total. The Hall–Kier alpha value is -1.59. The number of hydrogen-bond donors (Lipinski definition) is 3. The molecule has 0 heterocycles. The molecule has 0 aromatic heterocycles. The number of benzene rings is 1. The first-order chi connectivity index (χ1) is 10.2. The van der Waals surface area contributed by atoms with E-state index in [4.69, 9.17) is 21.0 Å². The summed E-state index contributed by atoms with van der Waals surface area (Å²) in [6, 6.07) is 6.45. The van der Waals surface area contributed by atoms with Gasteiger partial charge in [0.2, 0.25) is 0 Å². The number of aliphatic hydroxyl groups is 1. The second-order valence-electron chi connectivity index (χ2n) is 5.58. The molecular formula is C16H25N3O2. The van der Waals surface area contributed by atoms with Gasteiger partial charge in [0.05, 0.1) is 12.7 Å². The van der Waals surface area contributed by atoms with Crippen molar-refractivity contribution in [2.75, 3.05) is 20.3 Å². The van der Waals surface area contributed by atoms with Crippen molar-refractivity contribution in [3.05, 3.63) is 29.3 Å². The summed E-state index contributed by atoms with van der Waals surface area (Å²) >= 11 is 0. The number of hydrogen-bond acceptors (Lipinski definition) is 4. The Bertz CT molecular complexity index is 486. The molecule has 5 heteroatoms. The summed E-state index contributed by atoms with van der Waals surface area (Å²) in [6.45, 7) is 1.99. The van der Waals surface area contributed by atoms with Gasteiger partial charge in [-0.1, -0.05) is 12.5 Å². The van der Waals surface area contributed by atoms with Crippen molar-refractivity contribution in [1.82, 2.24) is 4.90 Å². The maximum Gasteiger partial charge on any atom is 0.130 e. The van der Waals surface area contributed by atoms with Crippen LogP contribution < -0.4 is 10.5 Å². The van der Waals surface area contributed by atoms with E-state index in [0.29, 0.717) is 17.4 Å². The second kappa shape index (κ2) is 7.43. The number of nitrogens with two attached hydrogens (primary N) is 1. The van der Waals surface area contributed by atoms with E-state index in [9.17, 15) is 0 Å². The van der Waals surface area contributed by atoms with Crippen LogP contribution in [0.4, 0.5) is 0 Å². The summed E-state index contributed by atoms with van der Waals surface area (Å²) in [7, 11) is 1.60. The molecule has 1 saturated carbocycles. The van der Waals surface area contributed by atoms with Gasteiger partial charge in [-0.25, -0.2) is 0 Å². The molecule has 0 saturated heterocycles. The number of nitrogens with one attached hydrogen (secondary N) is 1. The molecule has 0 spiro atoms. The lowest BCUT2D eigenvalue weighted by molar-refractivity contribution is 0.109. The quantitative estimate of drug-likeness (QED) is 0.503. The van der Waals surface area contributed by atoms with Crippen LogP contribution >= 0.6 is 0 Å². The Morgan fingerprint density at radius 2 is 2.24 bits per heavy atom. The summed E-state index contributed by atoms with van der Waals surface area (Å²) in [6.07, 6.45) is 4.59. The highest BCUT2D eigenvalue weighted by molar-refractivity contribution is 5.97. The van der Waals surface area contributed by atoms with Crippen molar-refractivity contribution in [1.29, 1.82) is 5.41 Å². The number of rotatable bonds is 8. The summed E-state index contributed by atoms with van der Waals surface area (Å²) in [5, 5.41) is 16.6. The topological polar surface area (TPSA) is 82.6 Å². The summed E-state index contributed by atoms with van der Waals surface area (Å²) in [5.41, 5.74) is 7.34. The summed E-state index contributed by atoms with van der Waals surface area (Å²) in [4.78, 5) is 2.43. The van der Waals surface area contributed by atoms with Crippen molar-refractivity contribution in [2.24, 2.45) is 5.73 Å². The zero-order valence-electron chi connectivity index (χ0n) is 12.6. The third-order valence-electron chi connectivity index (χ3n) is 4.14. The van der Waals surface area contributed by atoms with Crippen LogP contribution in [0.25, 0.3) is 0 Å². The predicted molar refractivity (Wildman–Crippen MR) is 83.8 cm³/mol. The Morgan fingerprint density at radius 3 is 2.76 bits per heavy atom. The predicted octanol–water partition coefficient (Wildman–Crippen LogP) is 1.72. The molecule has 116 valence electrons.